The average Bonchev–Trinajstić information content (AvgIpc) is 2.47. The summed E-state index contributed by atoms with van der Waals surface area (Å²) in [6.45, 7) is 1.96. The maximum atomic E-state index is 14.0. The summed E-state index contributed by atoms with van der Waals surface area (Å²) < 4.78 is 20.8. The molecule has 0 saturated carbocycles. The summed E-state index contributed by atoms with van der Waals surface area (Å²) in [7, 11) is 0. The molecule has 2 N–H and O–H groups in total. The molecule has 2 aromatic rings. The molecule has 4 heteroatoms. The summed E-state index contributed by atoms with van der Waals surface area (Å²) in [6.07, 6.45) is 0.184. The molecular formula is C16H17BrFNO. The van der Waals surface area contributed by atoms with Gasteiger partial charge in [-0.2, -0.15) is 0 Å². The molecule has 2 atom stereocenters. The number of para-hydroxylation sites is 1. The first kappa shape index (κ1) is 15.0. The fraction of sp³-hybridized carbons (Fsp3) is 0.250. The van der Waals surface area contributed by atoms with Gasteiger partial charge >= 0.3 is 0 Å². The summed E-state index contributed by atoms with van der Waals surface area (Å²) in [5.41, 5.74) is 6.59. The Morgan fingerprint density at radius 1 is 1.15 bits per heavy atom. The van der Waals surface area contributed by atoms with Gasteiger partial charge in [-0.25, -0.2) is 4.39 Å². The SMILES string of the molecule is CCC(N)C(Oc1ccccc1Br)c1ccccc1F. The highest BCUT2D eigenvalue weighted by Gasteiger charge is 2.24. The van der Waals surface area contributed by atoms with E-state index in [1.54, 1.807) is 18.2 Å². The first-order valence-electron chi connectivity index (χ1n) is 6.54. The Morgan fingerprint density at radius 3 is 2.45 bits per heavy atom. The summed E-state index contributed by atoms with van der Waals surface area (Å²) in [6, 6.07) is 13.8. The summed E-state index contributed by atoms with van der Waals surface area (Å²) in [5, 5.41) is 0. The number of ether oxygens (including phenoxy) is 1. The van der Waals surface area contributed by atoms with Crippen LogP contribution in [-0.4, -0.2) is 6.04 Å². The third-order valence-corrected chi connectivity index (χ3v) is 3.82. The lowest BCUT2D eigenvalue weighted by Gasteiger charge is -2.25. The fourth-order valence-electron chi connectivity index (χ4n) is 1.98. The van der Waals surface area contributed by atoms with Crippen LogP contribution in [0, 0.1) is 5.82 Å². The molecule has 0 fully saturated rings. The maximum absolute atomic E-state index is 14.0. The molecule has 2 aromatic carbocycles. The molecule has 0 aromatic heterocycles. The van der Waals surface area contributed by atoms with Crippen molar-refractivity contribution < 1.29 is 9.13 Å². The maximum Gasteiger partial charge on any atom is 0.142 e. The number of nitrogens with two attached hydrogens (primary N) is 1. The molecule has 0 aliphatic rings. The number of halogens is 2. The molecular weight excluding hydrogens is 321 g/mol. The zero-order chi connectivity index (χ0) is 14.5. The van der Waals surface area contributed by atoms with E-state index in [0.29, 0.717) is 17.7 Å². The van der Waals surface area contributed by atoms with Gasteiger partial charge in [0.05, 0.1) is 4.47 Å². The molecule has 20 heavy (non-hydrogen) atoms. The second-order valence-electron chi connectivity index (χ2n) is 4.56. The summed E-state index contributed by atoms with van der Waals surface area (Å²) >= 11 is 3.43. The van der Waals surface area contributed by atoms with Gasteiger partial charge in [0.15, 0.2) is 0 Å². The van der Waals surface area contributed by atoms with Gasteiger partial charge in [0, 0.05) is 11.6 Å². The second kappa shape index (κ2) is 6.86. The van der Waals surface area contributed by atoms with Crippen LogP contribution in [0.4, 0.5) is 4.39 Å². The first-order chi connectivity index (χ1) is 9.63. The molecule has 2 rings (SSSR count). The third-order valence-electron chi connectivity index (χ3n) is 3.16. The van der Waals surface area contributed by atoms with Gasteiger partial charge in [-0.3, -0.25) is 0 Å². The molecule has 0 amide bonds. The number of benzene rings is 2. The molecule has 0 heterocycles. The van der Waals surface area contributed by atoms with E-state index in [4.69, 9.17) is 10.5 Å². The van der Waals surface area contributed by atoms with Crippen molar-refractivity contribution in [3.8, 4) is 5.75 Å². The van der Waals surface area contributed by atoms with Crippen molar-refractivity contribution in [2.24, 2.45) is 5.73 Å². The largest absolute Gasteiger partial charge is 0.483 e. The first-order valence-corrected chi connectivity index (χ1v) is 7.34. The normalized spacial score (nSPS) is 13.8. The van der Waals surface area contributed by atoms with E-state index < -0.39 is 6.10 Å². The van der Waals surface area contributed by atoms with Gasteiger partial charge in [-0.05, 0) is 40.5 Å². The second-order valence-corrected chi connectivity index (χ2v) is 5.42. The lowest BCUT2D eigenvalue weighted by atomic mass is 10.0. The lowest BCUT2D eigenvalue weighted by Crippen LogP contribution is -2.32. The van der Waals surface area contributed by atoms with Gasteiger partial charge in [0.25, 0.3) is 0 Å². The van der Waals surface area contributed by atoms with Gasteiger partial charge in [-0.1, -0.05) is 37.3 Å². The quantitative estimate of drug-likeness (QED) is 0.874. The highest BCUT2D eigenvalue weighted by Crippen LogP contribution is 2.31. The van der Waals surface area contributed by atoms with Gasteiger partial charge in [-0.15, -0.1) is 0 Å². The lowest BCUT2D eigenvalue weighted by molar-refractivity contribution is 0.165. The molecule has 0 aliphatic heterocycles. The van der Waals surface area contributed by atoms with E-state index in [1.807, 2.05) is 31.2 Å². The van der Waals surface area contributed by atoms with Crippen molar-refractivity contribution in [1.82, 2.24) is 0 Å². The Labute approximate surface area is 126 Å². The van der Waals surface area contributed by atoms with E-state index in [9.17, 15) is 4.39 Å². The van der Waals surface area contributed by atoms with E-state index in [0.717, 1.165) is 4.47 Å². The standard InChI is InChI=1S/C16H17BrFNO/c1-2-14(19)16(11-7-3-5-9-13(11)18)20-15-10-6-4-8-12(15)17/h3-10,14,16H,2,19H2,1H3. The number of hydrogen-bond donors (Lipinski definition) is 1. The minimum atomic E-state index is -0.514. The summed E-state index contributed by atoms with van der Waals surface area (Å²) in [4.78, 5) is 0. The fourth-order valence-corrected chi connectivity index (χ4v) is 2.36. The van der Waals surface area contributed by atoms with Crippen LogP contribution in [0.3, 0.4) is 0 Å². The molecule has 0 spiro atoms. The van der Waals surface area contributed by atoms with E-state index >= 15 is 0 Å². The topological polar surface area (TPSA) is 35.2 Å². The van der Waals surface area contributed by atoms with Crippen LogP contribution >= 0.6 is 15.9 Å². The van der Waals surface area contributed by atoms with Crippen molar-refractivity contribution in [3.05, 3.63) is 64.4 Å². The Kier molecular flexibility index (Phi) is 5.15. The minimum Gasteiger partial charge on any atom is -0.483 e. The monoisotopic (exact) mass is 337 g/mol. The van der Waals surface area contributed by atoms with Gasteiger partial charge in [0.1, 0.15) is 17.7 Å². The minimum absolute atomic E-state index is 0.279. The van der Waals surface area contributed by atoms with Crippen LogP contribution in [0.2, 0.25) is 0 Å². The summed E-state index contributed by atoms with van der Waals surface area (Å²) in [5.74, 6) is 0.359. The van der Waals surface area contributed by atoms with Gasteiger partial charge < -0.3 is 10.5 Å². The number of rotatable bonds is 5. The van der Waals surface area contributed by atoms with Crippen molar-refractivity contribution in [2.45, 2.75) is 25.5 Å². The van der Waals surface area contributed by atoms with Crippen LogP contribution in [0.1, 0.15) is 25.0 Å². The van der Waals surface area contributed by atoms with Crippen LogP contribution < -0.4 is 10.5 Å². The third kappa shape index (κ3) is 3.38. The number of hydrogen-bond acceptors (Lipinski definition) is 2. The smallest absolute Gasteiger partial charge is 0.142 e. The zero-order valence-electron chi connectivity index (χ0n) is 11.2. The Morgan fingerprint density at radius 2 is 1.80 bits per heavy atom. The van der Waals surface area contributed by atoms with E-state index in [-0.39, 0.29) is 11.9 Å². The highest BCUT2D eigenvalue weighted by atomic mass is 79.9. The van der Waals surface area contributed by atoms with Crippen LogP contribution in [-0.2, 0) is 0 Å². The molecule has 0 radical (unpaired) electrons. The van der Waals surface area contributed by atoms with Crippen molar-refractivity contribution in [3.63, 3.8) is 0 Å². The zero-order valence-corrected chi connectivity index (χ0v) is 12.8. The van der Waals surface area contributed by atoms with Crippen molar-refractivity contribution in [2.75, 3.05) is 0 Å². The molecule has 2 nitrogen and oxygen atoms in total. The predicted octanol–water partition coefficient (Wildman–Crippen LogP) is 4.45. The van der Waals surface area contributed by atoms with E-state index in [1.165, 1.54) is 6.07 Å². The molecule has 0 saturated heterocycles. The molecule has 0 bridgehead atoms. The highest BCUT2D eigenvalue weighted by molar-refractivity contribution is 9.10. The van der Waals surface area contributed by atoms with Crippen LogP contribution in [0.25, 0.3) is 0 Å². The van der Waals surface area contributed by atoms with Crippen LogP contribution in [0.15, 0.2) is 53.0 Å². The Bertz CT molecular complexity index is 576. The predicted molar refractivity (Wildman–Crippen MR) is 82.2 cm³/mol. The van der Waals surface area contributed by atoms with Crippen molar-refractivity contribution >= 4 is 15.9 Å². The van der Waals surface area contributed by atoms with Gasteiger partial charge in [0.2, 0.25) is 0 Å². The molecule has 2 unspecified atom stereocenters. The molecule has 0 aliphatic carbocycles. The Hall–Kier alpha value is -1.39. The van der Waals surface area contributed by atoms with E-state index in [2.05, 4.69) is 15.9 Å². The molecule has 106 valence electrons. The van der Waals surface area contributed by atoms with Crippen molar-refractivity contribution in [1.29, 1.82) is 0 Å². The average molecular weight is 338 g/mol. The van der Waals surface area contributed by atoms with Crippen LogP contribution in [0.5, 0.6) is 5.75 Å². The Balaban J connectivity index is 2.35.